The van der Waals surface area contributed by atoms with Gasteiger partial charge < -0.3 is 0 Å². The molecule has 2 aliphatic rings. The van der Waals surface area contributed by atoms with Crippen LogP contribution in [0.4, 0.5) is 22.7 Å². The van der Waals surface area contributed by atoms with E-state index in [9.17, 15) is 0 Å². The van der Waals surface area contributed by atoms with E-state index in [1.165, 1.54) is 39.3 Å². The lowest BCUT2D eigenvalue weighted by Gasteiger charge is -2.40. The topological polar surface area (TPSA) is 6.48 Å². The van der Waals surface area contributed by atoms with Crippen molar-refractivity contribution in [1.29, 1.82) is 0 Å². The summed E-state index contributed by atoms with van der Waals surface area (Å²) in [6.45, 7) is 0. The SMILES string of the molecule is [c]1cccc2c1N(N1c3ccccc3CCc3ccccc31)c1ccccc1CC2. The third-order valence-corrected chi connectivity index (χ3v) is 6.32. The van der Waals surface area contributed by atoms with Crippen LogP contribution >= 0.6 is 0 Å². The number of fused-ring (bicyclic) bond motifs is 4. The maximum Gasteiger partial charge on any atom is 0.0748 e. The Kier molecular flexibility index (Phi) is 4.09. The molecule has 145 valence electrons. The summed E-state index contributed by atoms with van der Waals surface area (Å²) in [4.78, 5) is 0. The highest BCUT2D eigenvalue weighted by atomic mass is 15.6. The number of aryl methyl sites for hydroxylation is 4. The summed E-state index contributed by atoms with van der Waals surface area (Å²) >= 11 is 0. The van der Waals surface area contributed by atoms with Crippen LogP contribution in [0, 0.1) is 6.07 Å². The van der Waals surface area contributed by atoms with Crippen LogP contribution in [0.5, 0.6) is 0 Å². The number of para-hydroxylation sites is 4. The second-order valence-electron chi connectivity index (χ2n) is 8.05. The molecule has 2 heterocycles. The predicted octanol–water partition coefficient (Wildman–Crippen LogP) is 6.58. The average Bonchev–Trinajstić information content (AvgIpc) is 3.07. The molecule has 0 bridgehead atoms. The first-order chi connectivity index (χ1) is 14.9. The normalized spacial score (nSPS) is 14.7. The average molecular weight is 388 g/mol. The van der Waals surface area contributed by atoms with E-state index in [2.05, 4.69) is 101 Å². The molecule has 30 heavy (non-hydrogen) atoms. The lowest BCUT2D eigenvalue weighted by molar-refractivity contribution is 0.977. The van der Waals surface area contributed by atoms with Gasteiger partial charge in [-0.1, -0.05) is 72.8 Å². The molecule has 2 heteroatoms. The van der Waals surface area contributed by atoms with Crippen LogP contribution in [0.25, 0.3) is 0 Å². The molecule has 0 amide bonds. The summed E-state index contributed by atoms with van der Waals surface area (Å²) in [6, 6.07) is 36.5. The summed E-state index contributed by atoms with van der Waals surface area (Å²) in [5.41, 5.74) is 10.4. The first-order valence-corrected chi connectivity index (χ1v) is 10.7. The van der Waals surface area contributed by atoms with Crippen molar-refractivity contribution in [3.63, 3.8) is 0 Å². The van der Waals surface area contributed by atoms with Gasteiger partial charge in [-0.15, -0.1) is 0 Å². The molecule has 0 saturated carbocycles. The van der Waals surface area contributed by atoms with Crippen molar-refractivity contribution in [2.75, 3.05) is 10.0 Å². The maximum atomic E-state index is 3.58. The number of benzene rings is 4. The number of nitrogens with zero attached hydrogens (tertiary/aromatic N) is 2. The van der Waals surface area contributed by atoms with Crippen LogP contribution in [0.15, 0.2) is 91.0 Å². The Balaban J connectivity index is 1.68. The molecule has 0 aromatic heterocycles. The smallest absolute Gasteiger partial charge is 0.0748 e. The highest BCUT2D eigenvalue weighted by molar-refractivity contribution is 5.83. The van der Waals surface area contributed by atoms with E-state index in [0.29, 0.717) is 0 Å². The van der Waals surface area contributed by atoms with Crippen LogP contribution in [-0.4, -0.2) is 0 Å². The van der Waals surface area contributed by atoms with Crippen LogP contribution < -0.4 is 10.0 Å². The van der Waals surface area contributed by atoms with Gasteiger partial charge in [0.2, 0.25) is 0 Å². The number of hydrazine groups is 1. The number of rotatable bonds is 1. The van der Waals surface area contributed by atoms with Gasteiger partial charge in [0.15, 0.2) is 0 Å². The minimum absolute atomic E-state index is 1.03. The summed E-state index contributed by atoms with van der Waals surface area (Å²) in [5.74, 6) is 0. The highest BCUT2D eigenvalue weighted by Crippen LogP contribution is 2.45. The van der Waals surface area contributed by atoms with E-state index in [4.69, 9.17) is 0 Å². The Morgan fingerprint density at radius 3 is 1.47 bits per heavy atom. The molecule has 2 nitrogen and oxygen atoms in total. The van der Waals surface area contributed by atoms with Crippen molar-refractivity contribution in [2.24, 2.45) is 0 Å². The molecular formula is C28H23N2. The van der Waals surface area contributed by atoms with E-state index in [1.807, 2.05) is 6.07 Å². The van der Waals surface area contributed by atoms with Gasteiger partial charge in [-0.25, -0.2) is 10.0 Å². The quantitative estimate of drug-likeness (QED) is 0.364. The molecular weight excluding hydrogens is 364 g/mol. The third kappa shape index (κ3) is 2.72. The van der Waals surface area contributed by atoms with Crippen LogP contribution in [-0.2, 0) is 25.7 Å². The van der Waals surface area contributed by atoms with Crippen LogP contribution in [0.1, 0.15) is 22.3 Å². The minimum atomic E-state index is 1.03. The number of hydrogen-bond donors (Lipinski definition) is 0. The lowest BCUT2D eigenvalue weighted by Crippen LogP contribution is -2.37. The van der Waals surface area contributed by atoms with Crippen molar-refractivity contribution >= 4 is 22.7 Å². The van der Waals surface area contributed by atoms with Crippen molar-refractivity contribution in [3.05, 3.63) is 119 Å². The molecule has 0 saturated heterocycles. The van der Waals surface area contributed by atoms with Gasteiger partial charge in [0, 0.05) is 6.07 Å². The zero-order chi connectivity index (χ0) is 19.9. The monoisotopic (exact) mass is 387 g/mol. The maximum absolute atomic E-state index is 3.58. The van der Waals surface area contributed by atoms with E-state index >= 15 is 0 Å². The first-order valence-electron chi connectivity index (χ1n) is 10.7. The molecule has 0 N–H and O–H groups in total. The Morgan fingerprint density at radius 2 is 0.900 bits per heavy atom. The summed E-state index contributed by atoms with van der Waals surface area (Å²) in [7, 11) is 0. The lowest BCUT2D eigenvalue weighted by atomic mass is 10.0. The molecule has 1 radical (unpaired) electrons. The Morgan fingerprint density at radius 1 is 0.467 bits per heavy atom. The van der Waals surface area contributed by atoms with E-state index < -0.39 is 0 Å². The standard InChI is InChI=1S/C28H23N2/c1-5-13-25-21(9-1)17-18-22-10-2-6-14-26(22)29(25)30-27-15-7-3-11-23(27)19-20-24-12-4-8-16-28(24)30/h1-15H,17-20H2. The van der Waals surface area contributed by atoms with Crippen molar-refractivity contribution < 1.29 is 0 Å². The van der Waals surface area contributed by atoms with E-state index in [1.54, 1.807) is 0 Å². The van der Waals surface area contributed by atoms with Gasteiger partial charge in [-0.3, -0.25) is 0 Å². The zero-order valence-corrected chi connectivity index (χ0v) is 16.9. The largest absolute Gasteiger partial charge is 0.248 e. The molecule has 0 fully saturated rings. The molecule has 0 unspecified atom stereocenters. The molecule has 0 aliphatic carbocycles. The van der Waals surface area contributed by atoms with Crippen molar-refractivity contribution in [2.45, 2.75) is 25.7 Å². The number of anilines is 4. The molecule has 2 aliphatic heterocycles. The van der Waals surface area contributed by atoms with Gasteiger partial charge in [-0.05, 0) is 66.1 Å². The summed E-state index contributed by atoms with van der Waals surface area (Å²) < 4.78 is 0. The van der Waals surface area contributed by atoms with Crippen molar-refractivity contribution in [1.82, 2.24) is 0 Å². The summed E-state index contributed by atoms with van der Waals surface area (Å²) in [6.07, 6.45) is 4.15. The third-order valence-electron chi connectivity index (χ3n) is 6.32. The fourth-order valence-corrected chi connectivity index (χ4v) is 4.86. The van der Waals surface area contributed by atoms with Crippen LogP contribution in [0.3, 0.4) is 0 Å². The van der Waals surface area contributed by atoms with Gasteiger partial charge in [0.25, 0.3) is 0 Å². The predicted molar refractivity (Wildman–Crippen MR) is 124 cm³/mol. The Hall–Kier alpha value is -3.52. The van der Waals surface area contributed by atoms with Crippen molar-refractivity contribution in [3.8, 4) is 0 Å². The minimum Gasteiger partial charge on any atom is -0.248 e. The summed E-state index contributed by atoms with van der Waals surface area (Å²) in [5, 5.41) is 4.83. The molecule has 0 spiro atoms. The fourth-order valence-electron chi connectivity index (χ4n) is 4.86. The van der Waals surface area contributed by atoms with E-state index in [-0.39, 0.29) is 0 Å². The first kappa shape index (κ1) is 17.3. The van der Waals surface area contributed by atoms with Gasteiger partial charge in [0.05, 0.1) is 22.7 Å². The fraction of sp³-hybridized carbons (Fsp3) is 0.143. The zero-order valence-electron chi connectivity index (χ0n) is 16.9. The second-order valence-corrected chi connectivity index (χ2v) is 8.05. The molecule has 0 atom stereocenters. The number of hydrogen-bond acceptors (Lipinski definition) is 2. The molecule has 4 aromatic rings. The molecule has 4 aromatic carbocycles. The van der Waals surface area contributed by atoms with Gasteiger partial charge >= 0.3 is 0 Å². The Labute approximate surface area is 178 Å². The Bertz CT molecular complexity index is 1030. The highest BCUT2D eigenvalue weighted by Gasteiger charge is 2.30. The van der Waals surface area contributed by atoms with Gasteiger partial charge in [-0.2, -0.15) is 0 Å². The van der Waals surface area contributed by atoms with Crippen LogP contribution in [0.2, 0.25) is 0 Å². The molecule has 6 rings (SSSR count). The van der Waals surface area contributed by atoms with Gasteiger partial charge in [0.1, 0.15) is 0 Å². The van der Waals surface area contributed by atoms with E-state index in [0.717, 1.165) is 31.4 Å². The second kappa shape index (κ2) is 7.07.